The first kappa shape index (κ1) is 24.6. The SMILES string of the molecule is CNc1ccc(-c2nc3c(N4CCCCC4)ccnc3n2-c2ccc(N3CCN(C)CC3)cc2F)cc1F. The molecular weight excluding hydrogens is 484 g/mol. The molecule has 6 rings (SSSR count). The summed E-state index contributed by atoms with van der Waals surface area (Å²) in [5.74, 6) is -0.289. The zero-order valence-corrected chi connectivity index (χ0v) is 21.9. The van der Waals surface area contributed by atoms with Crippen LogP contribution in [0.5, 0.6) is 0 Å². The first-order valence-electron chi connectivity index (χ1n) is 13.4. The lowest BCUT2D eigenvalue weighted by Gasteiger charge is -2.34. The molecule has 198 valence electrons. The highest BCUT2D eigenvalue weighted by molar-refractivity contribution is 5.91. The van der Waals surface area contributed by atoms with E-state index in [9.17, 15) is 4.39 Å². The average Bonchev–Trinajstić information content (AvgIpc) is 3.33. The number of halogens is 2. The summed E-state index contributed by atoms with van der Waals surface area (Å²) in [4.78, 5) is 16.4. The molecule has 2 saturated heterocycles. The Morgan fingerprint density at radius 1 is 0.789 bits per heavy atom. The molecule has 9 heteroatoms. The molecule has 0 bridgehead atoms. The van der Waals surface area contributed by atoms with E-state index in [0.29, 0.717) is 33.9 Å². The number of pyridine rings is 1. The van der Waals surface area contributed by atoms with Gasteiger partial charge in [-0.1, -0.05) is 0 Å². The summed E-state index contributed by atoms with van der Waals surface area (Å²) < 4.78 is 32.5. The molecule has 4 aromatic rings. The van der Waals surface area contributed by atoms with Gasteiger partial charge >= 0.3 is 0 Å². The van der Waals surface area contributed by atoms with Crippen LogP contribution >= 0.6 is 0 Å². The van der Waals surface area contributed by atoms with Crippen molar-refractivity contribution in [3.63, 3.8) is 0 Å². The molecule has 0 amide bonds. The van der Waals surface area contributed by atoms with Crippen molar-refractivity contribution < 1.29 is 8.78 Å². The molecule has 2 aliphatic heterocycles. The average molecular weight is 518 g/mol. The second-order valence-electron chi connectivity index (χ2n) is 10.2. The fraction of sp³-hybridized carbons (Fsp3) is 0.379. The second-order valence-corrected chi connectivity index (χ2v) is 10.2. The molecular formula is C29H33F2N7. The van der Waals surface area contributed by atoms with Crippen molar-refractivity contribution in [1.82, 2.24) is 19.4 Å². The lowest BCUT2D eigenvalue weighted by Crippen LogP contribution is -2.44. The van der Waals surface area contributed by atoms with E-state index in [-0.39, 0.29) is 5.82 Å². The highest BCUT2D eigenvalue weighted by atomic mass is 19.1. The molecule has 0 radical (unpaired) electrons. The highest BCUT2D eigenvalue weighted by Crippen LogP contribution is 2.36. The van der Waals surface area contributed by atoms with Gasteiger partial charge in [-0.05, 0) is 68.8 Å². The number of fused-ring (bicyclic) bond motifs is 1. The number of nitrogens with one attached hydrogen (secondary N) is 1. The molecule has 0 aliphatic carbocycles. The van der Waals surface area contributed by atoms with Gasteiger partial charge in [0.2, 0.25) is 0 Å². The molecule has 2 fully saturated rings. The van der Waals surface area contributed by atoms with Gasteiger partial charge in [0, 0.05) is 63.8 Å². The summed E-state index contributed by atoms with van der Waals surface area (Å²) in [7, 11) is 3.78. The van der Waals surface area contributed by atoms with E-state index in [1.807, 2.05) is 18.2 Å². The number of likely N-dealkylation sites (N-methyl/N-ethyl adjacent to an activating group) is 1. The van der Waals surface area contributed by atoms with Gasteiger partial charge in [-0.15, -0.1) is 0 Å². The summed E-state index contributed by atoms with van der Waals surface area (Å²) in [5.41, 5.74) is 4.41. The normalized spacial score (nSPS) is 16.8. The predicted molar refractivity (Wildman–Crippen MR) is 150 cm³/mol. The van der Waals surface area contributed by atoms with Crippen LogP contribution in [0.15, 0.2) is 48.7 Å². The third kappa shape index (κ3) is 4.45. The minimum atomic E-state index is -0.390. The molecule has 1 N–H and O–H groups in total. The van der Waals surface area contributed by atoms with Gasteiger partial charge in [0.1, 0.15) is 23.0 Å². The Morgan fingerprint density at radius 3 is 2.29 bits per heavy atom. The number of benzene rings is 2. The van der Waals surface area contributed by atoms with E-state index < -0.39 is 5.82 Å². The van der Waals surface area contributed by atoms with Crippen LogP contribution < -0.4 is 15.1 Å². The molecule has 7 nitrogen and oxygen atoms in total. The van der Waals surface area contributed by atoms with Crippen LogP contribution in [-0.2, 0) is 0 Å². The van der Waals surface area contributed by atoms with Gasteiger partial charge in [0.05, 0.1) is 17.1 Å². The van der Waals surface area contributed by atoms with E-state index in [1.165, 1.54) is 12.5 Å². The van der Waals surface area contributed by atoms with Gasteiger partial charge in [0.15, 0.2) is 5.65 Å². The standard InChI is InChI=1S/C29H33F2N7/c1-32-24-8-6-20(18-22(24)30)28-34-27-26(37-12-4-3-5-13-37)10-11-33-29(27)38(28)25-9-7-21(19-23(25)31)36-16-14-35(2)15-17-36/h6-11,18-19,32H,3-5,12-17H2,1-2H3. The summed E-state index contributed by atoms with van der Waals surface area (Å²) in [6, 6.07) is 12.3. The van der Waals surface area contributed by atoms with E-state index in [2.05, 4.69) is 32.0 Å². The predicted octanol–water partition coefficient (Wildman–Crippen LogP) is 5.15. The van der Waals surface area contributed by atoms with E-state index in [1.54, 1.807) is 36.0 Å². The van der Waals surface area contributed by atoms with Crippen molar-refractivity contribution >= 4 is 28.2 Å². The van der Waals surface area contributed by atoms with E-state index in [0.717, 1.165) is 63.5 Å². The molecule has 0 saturated carbocycles. The fourth-order valence-electron chi connectivity index (χ4n) is 5.57. The lowest BCUT2D eigenvalue weighted by molar-refractivity contribution is 0.313. The first-order chi connectivity index (χ1) is 18.5. The monoisotopic (exact) mass is 517 g/mol. The Morgan fingerprint density at radius 2 is 1.58 bits per heavy atom. The van der Waals surface area contributed by atoms with Crippen LogP contribution in [0.3, 0.4) is 0 Å². The molecule has 2 aromatic heterocycles. The third-order valence-corrected chi connectivity index (χ3v) is 7.76. The molecule has 0 spiro atoms. The Kier molecular flexibility index (Phi) is 6.61. The largest absolute Gasteiger partial charge is 0.386 e. The number of hydrogen-bond donors (Lipinski definition) is 1. The quantitative estimate of drug-likeness (QED) is 0.395. The zero-order valence-electron chi connectivity index (χ0n) is 21.9. The van der Waals surface area contributed by atoms with Crippen molar-refractivity contribution in [2.75, 3.05) is 68.5 Å². The van der Waals surface area contributed by atoms with Gasteiger partial charge in [-0.3, -0.25) is 4.57 Å². The molecule has 0 unspecified atom stereocenters. The number of imidazole rings is 1. The van der Waals surface area contributed by atoms with Crippen LogP contribution in [-0.4, -0.2) is 72.8 Å². The third-order valence-electron chi connectivity index (χ3n) is 7.76. The molecule has 2 aromatic carbocycles. The van der Waals surface area contributed by atoms with Crippen molar-refractivity contribution in [3.8, 4) is 17.1 Å². The topological polar surface area (TPSA) is 52.5 Å². The van der Waals surface area contributed by atoms with Gasteiger partial charge < -0.3 is 20.0 Å². The summed E-state index contributed by atoms with van der Waals surface area (Å²) in [5, 5.41) is 2.86. The number of aromatic nitrogens is 3. The van der Waals surface area contributed by atoms with Gasteiger partial charge in [-0.25, -0.2) is 18.7 Å². The summed E-state index contributed by atoms with van der Waals surface area (Å²) >= 11 is 0. The van der Waals surface area contributed by atoms with Crippen molar-refractivity contribution in [1.29, 1.82) is 0 Å². The van der Waals surface area contributed by atoms with Crippen molar-refractivity contribution in [2.45, 2.75) is 19.3 Å². The number of nitrogens with zero attached hydrogens (tertiary/aromatic N) is 6. The van der Waals surface area contributed by atoms with Gasteiger partial charge in [-0.2, -0.15) is 0 Å². The molecule has 4 heterocycles. The lowest BCUT2D eigenvalue weighted by atomic mass is 10.1. The Labute approximate surface area is 221 Å². The van der Waals surface area contributed by atoms with Crippen LogP contribution in [0.4, 0.5) is 25.8 Å². The highest BCUT2D eigenvalue weighted by Gasteiger charge is 2.24. The van der Waals surface area contributed by atoms with Crippen LogP contribution in [0.1, 0.15) is 19.3 Å². The van der Waals surface area contributed by atoms with E-state index in [4.69, 9.17) is 4.98 Å². The minimum absolute atomic E-state index is 0.349. The van der Waals surface area contributed by atoms with Crippen LogP contribution in [0.2, 0.25) is 0 Å². The first-order valence-corrected chi connectivity index (χ1v) is 13.4. The van der Waals surface area contributed by atoms with Crippen molar-refractivity contribution in [2.24, 2.45) is 0 Å². The maximum atomic E-state index is 15.9. The number of hydrogen-bond acceptors (Lipinski definition) is 6. The summed E-state index contributed by atoms with van der Waals surface area (Å²) in [6.45, 7) is 5.48. The number of piperidine rings is 1. The molecule has 38 heavy (non-hydrogen) atoms. The Bertz CT molecular complexity index is 1450. The zero-order chi connectivity index (χ0) is 26.2. The maximum absolute atomic E-state index is 15.9. The van der Waals surface area contributed by atoms with Gasteiger partial charge in [0.25, 0.3) is 0 Å². The minimum Gasteiger partial charge on any atom is -0.386 e. The number of anilines is 3. The van der Waals surface area contributed by atoms with Crippen LogP contribution in [0.25, 0.3) is 28.2 Å². The Hall–Kier alpha value is -3.72. The number of piperazine rings is 1. The Balaban J connectivity index is 1.51. The van der Waals surface area contributed by atoms with Crippen molar-refractivity contribution in [3.05, 3.63) is 60.3 Å². The number of rotatable bonds is 5. The molecule has 2 aliphatic rings. The molecule has 0 atom stereocenters. The summed E-state index contributed by atoms with van der Waals surface area (Å²) in [6.07, 6.45) is 5.22. The smallest absolute Gasteiger partial charge is 0.167 e. The fourth-order valence-corrected chi connectivity index (χ4v) is 5.57. The maximum Gasteiger partial charge on any atom is 0.167 e. The van der Waals surface area contributed by atoms with E-state index >= 15 is 4.39 Å². The van der Waals surface area contributed by atoms with Crippen LogP contribution in [0, 0.1) is 11.6 Å². The second kappa shape index (κ2) is 10.2.